The summed E-state index contributed by atoms with van der Waals surface area (Å²) in [6.45, 7) is 6.84. The normalized spacial score (nSPS) is 13.9. The lowest BCUT2D eigenvalue weighted by atomic mass is 10.1. The van der Waals surface area contributed by atoms with Gasteiger partial charge in [0.2, 0.25) is 5.95 Å². The van der Waals surface area contributed by atoms with Gasteiger partial charge in [0.25, 0.3) is 0 Å². The number of aryl methyl sites for hydroxylation is 3. The molecule has 1 aliphatic rings. The van der Waals surface area contributed by atoms with Gasteiger partial charge in [-0.3, -0.25) is 0 Å². The van der Waals surface area contributed by atoms with Crippen LogP contribution in [0.2, 0.25) is 0 Å². The van der Waals surface area contributed by atoms with Crippen LogP contribution in [0.15, 0.2) is 18.2 Å². The number of hydrogen-bond acceptors (Lipinski definition) is 5. The topological polar surface area (TPSA) is 70.1 Å². The molecule has 1 aliphatic carbocycles. The van der Waals surface area contributed by atoms with Crippen LogP contribution in [0, 0.1) is 20.8 Å². The van der Waals surface area contributed by atoms with Crippen LogP contribution in [0.3, 0.4) is 0 Å². The Morgan fingerprint density at radius 2 is 1.78 bits per heavy atom. The number of aliphatic hydroxyl groups excluding tert-OH is 1. The van der Waals surface area contributed by atoms with Gasteiger partial charge in [-0.25, -0.2) is 4.98 Å². The Morgan fingerprint density at radius 1 is 1.09 bits per heavy atom. The van der Waals surface area contributed by atoms with E-state index in [1.165, 1.54) is 29.5 Å². The number of aromatic nitrogens is 2. The molecule has 0 saturated heterocycles. The molecule has 0 atom stereocenters. The summed E-state index contributed by atoms with van der Waals surface area (Å²) in [5.74, 6) is 1.93. The van der Waals surface area contributed by atoms with Gasteiger partial charge < -0.3 is 15.7 Å². The first-order valence-corrected chi connectivity index (χ1v) is 8.15. The highest BCUT2D eigenvalue weighted by Crippen LogP contribution is 2.40. The molecule has 2 aromatic rings. The highest BCUT2D eigenvalue weighted by atomic mass is 16.3. The van der Waals surface area contributed by atoms with Gasteiger partial charge in [0, 0.05) is 24.2 Å². The molecule has 1 aromatic carbocycles. The Bertz CT molecular complexity index is 687. The van der Waals surface area contributed by atoms with Crippen LogP contribution in [0.25, 0.3) is 0 Å². The zero-order valence-electron chi connectivity index (χ0n) is 14.0. The van der Waals surface area contributed by atoms with E-state index in [0.717, 1.165) is 17.2 Å². The van der Waals surface area contributed by atoms with Crippen molar-refractivity contribution in [2.24, 2.45) is 0 Å². The molecule has 0 spiro atoms. The van der Waals surface area contributed by atoms with Gasteiger partial charge in [0.1, 0.15) is 5.82 Å². The molecule has 23 heavy (non-hydrogen) atoms. The van der Waals surface area contributed by atoms with Gasteiger partial charge in [-0.2, -0.15) is 4.98 Å². The largest absolute Gasteiger partial charge is 0.395 e. The highest BCUT2D eigenvalue weighted by molar-refractivity contribution is 5.66. The zero-order chi connectivity index (χ0) is 16.4. The Morgan fingerprint density at radius 3 is 2.39 bits per heavy atom. The van der Waals surface area contributed by atoms with Crippen LogP contribution in [-0.2, 0) is 0 Å². The second kappa shape index (κ2) is 6.54. The number of rotatable bonds is 6. The minimum atomic E-state index is 0.0654. The average Bonchev–Trinajstić information content (AvgIpc) is 3.33. The second-order valence-corrected chi connectivity index (χ2v) is 6.33. The minimum absolute atomic E-state index is 0.0654. The summed E-state index contributed by atoms with van der Waals surface area (Å²) in [6.07, 6.45) is 2.39. The molecule has 5 heteroatoms. The number of nitrogens with one attached hydrogen (secondary N) is 2. The average molecular weight is 312 g/mol. The monoisotopic (exact) mass is 312 g/mol. The molecule has 0 amide bonds. The molecule has 0 unspecified atom stereocenters. The number of benzene rings is 1. The molecule has 0 radical (unpaired) electrons. The first kappa shape index (κ1) is 15.7. The van der Waals surface area contributed by atoms with Crippen LogP contribution >= 0.6 is 0 Å². The van der Waals surface area contributed by atoms with Crippen LogP contribution in [-0.4, -0.2) is 28.2 Å². The Hall–Kier alpha value is -2.14. The summed E-state index contributed by atoms with van der Waals surface area (Å²) in [7, 11) is 0. The third kappa shape index (κ3) is 3.79. The third-order valence-electron chi connectivity index (χ3n) is 4.07. The predicted octanol–water partition coefficient (Wildman–Crippen LogP) is 3.43. The van der Waals surface area contributed by atoms with Gasteiger partial charge in [0.15, 0.2) is 0 Å². The summed E-state index contributed by atoms with van der Waals surface area (Å²) in [5.41, 5.74) is 5.85. The van der Waals surface area contributed by atoms with Gasteiger partial charge in [-0.05, 0) is 44.7 Å². The fraction of sp³-hybridized carbons (Fsp3) is 0.444. The van der Waals surface area contributed by atoms with Crippen LogP contribution in [0.1, 0.15) is 41.1 Å². The predicted molar refractivity (Wildman–Crippen MR) is 93.5 cm³/mol. The first-order chi connectivity index (χ1) is 11.1. The first-order valence-electron chi connectivity index (χ1n) is 8.15. The van der Waals surface area contributed by atoms with Gasteiger partial charge in [-0.15, -0.1) is 0 Å². The van der Waals surface area contributed by atoms with Crippen molar-refractivity contribution in [2.45, 2.75) is 39.5 Å². The van der Waals surface area contributed by atoms with Crippen molar-refractivity contribution in [2.75, 3.05) is 23.8 Å². The van der Waals surface area contributed by atoms with E-state index in [-0.39, 0.29) is 6.61 Å². The lowest BCUT2D eigenvalue weighted by Crippen LogP contribution is -2.11. The van der Waals surface area contributed by atoms with E-state index in [9.17, 15) is 0 Å². The molecular weight excluding hydrogens is 288 g/mol. The van der Waals surface area contributed by atoms with Crippen molar-refractivity contribution in [3.05, 3.63) is 40.6 Å². The van der Waals surface area contributed by atoms with Crippen molar-refractivity contribution in [3.8, 4) is 0 Å². The zero-order valence-corrected chi connectivity index (χ0v) is 14.0. The summed E-state index contributed by atoms with van der Waals surface area (Å²) in [5, 5.41) is 15.5. The smallest absolute Gasteiger partial charge is 0.224 e. The minimum Gasteiger partial charge on any atom is -0.395 e. The molecule has 122 valence electrons. The van der Waals surface area contributed by atoms with Crippen molar-refractivity contribution >= 4 is 17.5 Å². The van der Waals surface area contributed by atoms with Crippen LogP contribution < -0.4 is 10.6 Å². The number of anilines is 3. The lowest BCUT2D eigenvalue weighted by Gasteiger charge is -2.15. The summed E-state index contributed by atoms with van der Waals surface area (Å²) in [4.78, 5) is 9.10. The molecule has 3 N–H and O–H groups in total. The van der Waals surface area contributed by atoms with Crippen LogP contribution in [0.4, 0.5) is 17.5 Å². The van der Waals surface area contributed by atoms with Crippen LogP contribution in [0.5, 0.6) is 0 Å². The van der Waals surface area contributed by atoms with Crippen molar-refractivity contribution in [1.29, 1.82) is 0 Å². The second-order valence-electron chi connectivity index (χ2n) is 6.33. The molecule has 1 fully saturated rings. The molecule has 5 nitrogen and oxygen atoms in total. The fourth-order valence-corrected chi connectivity index (χ4v) is 2.87. The maximum atomic E-state index is 8.99. The van der Waals surface area contributed by atoms with E-state index < -0.39 is 0 Å². The van der Waals surface area contributed by atoms with Crippen molar-refractivity contribution < 1.29 is 5.11 Å². The Kier molecular flexibility index (Phi) is 4.48. The number of hydrogen-bond donors (Lipinski definition) is 3. The standard InChI is InChI=1S/C18H24N4O/c1-11-8-12(2)17(13(3)9-11)21-16-10-15(14-4-5-14)20-18(22-16)19-6-7-23/h8-10,14,23H,4-7H2,1-3H3,(H2,19,20,21,22). The fourth-order valence-electron chi connectivity index (χ4n) is 2.87. The van der Waals surface area contributed by atoms with Crippen molar-refractivity contribution in [1.82, 2.24) is 9.97 Å². The number of aliphatic hydroxyl groups is 1. The van der Waals surface area contributed by atoms with Gasteiger partial charge >= 0.3 is 0 Å². The van der Waals surface area contributed by atoms with E-state index in [1.807, 2.05) is 6.07 Å². The highest BCUT2D eigenvalue weighted by Gasteiger charge is 2.26. The van der Waals surface area contributed by atoms with E-state index in [4.69, 9.17) is 5.11 Å². The van der Waals surface area contributed by atoms with E-state index in [0.29, 0.717) is 18.4 Å². The molecule has 1 heterocycles. The number of nitrogens with zero attached hydrogens (tertiary/aromatic N) is 2. The molecule has 0 bridgehead atoms. The molecule has 3 rings (SSSR count). The molecule has 1 aromatic heterocycles. The summed E-state index contributed by atoms with van der Waals surface area (Å²) < 4.78 is 0. The van der Waals surface area contributed by atoms with E-state index in [1.54, 1.807) is 0 Å². The third-order valence-corrected chi connectivity index (χ3v) is 4.07. The summed E-state index contributed by atoms with van der Waals surface area (Å²) in [6, 6.07) is 6.38. The quantitative estimate of drug-likeness (QED) is 0.762. The van der Waals surface area contributed by atoms with Gasteiger partial charge in [0.05, 0.1) is 12.3 Å². The van der Waals surface area contributed by atoms with E-state index in [2.05, 4.69) is 53.5 Å². The molecule has 1 saturated carbocycles. The summed E-state index contributed by atoms with van der Waals surface area (Å²) >= 11 is 0. The van der Waals surface area contributed by atoms with Crippen molar-refractivity contribution in [3.63, 3.8) is 0 Å². The Labute approximate surface area is 137 Å². The molecular formula is C18H24N4O. The molecule has 0 aliphatic heterocycles. The SMILES string of the molecule is Cc1cc(C)c(Nc2cc(C3CC3)nc(NCCO)n2)c(C)c1. The Balaban J connectivity index is 1.91. The lowest BCUT2D eigenvalue weighted by molar-refractivity contribution is 0.311. The van der Waals surface area contributed by atoms with E-state index >= 15 is 0 Å². The maximum Gasteiger partial charge on any atom is 0.224 e. The van der Waals surface area contributed by atoms with Gasteiger partial charge in [-0.1, -0.05) is 17.7 Å². The maximum absolute atomic E-state index is 8.99.